The van der Waals surface area contributed by atoms with Gasteiger partial charge < -0.3 is 14.9 Å². The minimum Gasteiger partial charge on any atom is -0.393 e. The van der Waals surface area contributed by atoms with Gasteiger partial charge in [0.15, 0.2) is 0 Å². The highest BCUT2D eigenvalue weighted by Gasteiger charge is 2.26. The Morgan fingerprint density at radius 3 is 2.60 bits per heavy atom. The van der Waals surface area contributed by atoms with Crippen molar-refractivity contribution in [3.63, 3.8) is 0 Å². The van der Waals surface area contributed by atoms with E-state index in [0.717, 1.165) is 19.4 Å². The van der Waals surface area contributed by atoms with Crippen LogP contribution in [0.15, 0.2) is 0 Å². The van der Waals surface area contributed by atoms with E-state index in [9.17, 15) is 5.11 Å². The van der Waals surface area contributed by atoms with E-state index < -0.39 is 0 Å². The van der Waals surface area contributed by atoms with Crippen molar-refractivity contribution in [1.82, 2.24) is 9.80 Å². The van der Waals surface area contributed by atoms with E-state index >= 15 is 0 Å². The third-order valence-electron chi connectivity index (χ3n) is 3.97. The van der Waals surface area contributed by atoms with Crippen LogP contribution in [-0.4, -0.2) is 60.3 Å². The minimum absolute atomic E-state index is 0.0377. The Bertz CT molecular complexity index is 192. The van der Waals surface area contributed by atoms with Crippen LogP contribution in [0.1, 0.15) is 32.1 Å². The summed E-state index contributed by atoms with van der Waals surface area (Å²) in [5.74, 6) is 0. The first-order chi connectivity index (χ1) is 7.25. The SMILES string of the molecule is CN(CCN1CCCC1)C1CCC(O)C1. The molecule has 0 bridgehead atoms. The summed E-state index contributed by atoms with van der Waals surface area (Å²) in [6, 6.07) is 0.627. The zero-order chi connectivity index (χ0) is 10.7. The van der Waals surface area contributed by atoms with Crippen LogP contribution in [0.4, 0.5) is 0 Å². The summed E-state index contributed by atoms with van der Waals surface area (Å²) >= 11 is 0. The number of likely N-dealkylation sites (N-methyl/N-ethyl adjacent to an activating group) is 1. The molecule has 88 valence electrons. The van der Waals surface area contributed by atoms with Gasteiger partial charge >= 0.3 is 0 Å². The lowest BCUT2D eigenvalue weighted by Gasteiger charge is -2.26. The zero-order valence-electron chi connectivity index (χ0n) is 9.86. The fourth-order valence-electron chi connectivity index (χ4n) is 2.82. The van der Waals surface area contributed by atoms with Crippen molar-refractivity contribution in [3.05, 3.63) is 0 Å². The summed E-state index contributed by atoms with van der Waals surface area (Å²) < 4.78 is 0. The average molecular weight is 212 g/mol. The molecule has 0 aromatic carbocycles. The number of aliphatic hydroxyl groups excluding tert-OH is 1. The van der Waals surface area contributed by atoms with Crippen molar-refractivity contribution in [1.29, 1.82) is 0 Å². The lowest BCUT2D eigenvalue weighted by atomic mass is 10.2. The van der Waals surface area contributed by atoms with Crippen LogP contribution in [0.25, 0.3) is 0 Å². The van der Waals surface area contributed by atoms with Crippen molar-refractivity contribution in [2.75, 3.05) is 33.2 Å². The molecule has 0 aromatic rings. The first kappa shape index (κ1) is 11.4. The lowest BCUT2D eigenvalue weighted by Crippen LogP contribution is -2.37. The molecule has 1 N–H and O–H groups in total. The average Bonchev–Trinajstić information content (AvgIpc) is 2.84. The van der Waals surface area contributed by atoms with Gasteiger partial charge in [0.1, 0.15) is 0 Å². The Morgan fingerprint density at radius 1 is 1.27 bits per heavy atom. The number of rotatable bonds is 4. The van der Waals surface area contributed by atoms with Crippen molar-refractivity contribution < 1.29 is 5.11 Å². The van der Waals surface area contributed by atoms with Crippen molar-refractivity contribution in [2.45, 2.75) is 44.2 Å². The molecular formula is C12H24N2O. The second-order valence-electron chi connectivity index (χ2n) is 5.15. The Morgan fingerprint density at radius 2 is 2.00 bits per heavy atom. The summed E-state index contributed by atoms with van der Waals surface area (Å²) in [5.41, 5.74) is 0. The maximum atomic E-state index is 9.49. The van der Waals surface area contributed by atoms with E-state index in [4.69, 9.17) is 0 Å². The summed E-state index contributed by atoms with van der Waals surface area (Å²) in [7, 11) is 2.21. The van der Waals surface area contributed by atoms with Crippen LogP contribution in [0.3, 0.4) is 0 Å². The van der Waals surface area contributed by atoms with Crippen molar-refractivity contribution >= 4 is 0 Å². The summed E-state index contributed by atoms with van der Waals surface area (Å²) in [4.78, 5) is 5.00. The van der Waals surface area contributed by atoms with E-state index in [1.165, 1.54) is 38.9 Å². The molecule has 0 aromatic heterocycles. The van der Waals surface area contributed by atoms with E-state index in [-0.39, 0.29) is 6.10 Å². The van der Waals surface area contributed by atoms with Gasteiger partial charge in [-0.1, -0.05) is 0 Å². The summed E-state index contributed by atoms with van der Waals surface area (Å²) in [5, 5.41) is 9.49. The largest absolute Gasteiger partial charge is 0.393 e. The highest BCUT2D eigenvalue weighted by atomic mass is 16.3. The number of nitrogens with zero attached hydrogens (tertiary/aromatic N) is 2. The quantitative estimate of drug-likeness (QED) is 0.751. The molecular weight excluding hydrogens is 188 g/mol. The van der Waals surface area contributed by atoms with Crippen molar-refractivity contribution in [3.8, 4) is 0 Å². The second kappa shape index (κ2) is 5.28. The normalized spacial score (nSPS) is 33.0. The first-order valence-corrected chi connectivity index (χ1v) is 6.36. The molecule has 0 radical (unpaired) electrons. The standard InChI is InChI=1S/C12H24N2O/c1-13(11-4-5-12(15)10-11)8-9-14-6-2-3-7-14/h11-12,15H,2-10H2,1H3. The van der Waals surface area contributed by atoms with Crippen LogP contribution in [0, 0.1) is 0 Å². The molecule has 2 fully saturated rings. The third-order valence-corrected chi connectivity index (χ3v) is 3.97. The highest BCUT2D eigenvalue weighted by molar-refractivity contribution is 4.81. The van der Waals surface area contributed by atoms with Gasteiger partial charge in [-0.05, 0) is 52.2 Å². The molecule has 3 nitrogen and oxygen atoms in total. The molecule has 0 amide bonds. The predicted octanol–water partition coefficient (Wildman–Crippen LogP) is 0.927. The molecule has 2 aliphatic rings. The Labute approximate surface area is 93.1 Å². The fraction of sp³-hybridized carbons (Fsp3) is 1.00. The van der Waals surface area contributed by atoms with Gasteiger partial charge in [0.25, 0.3) is 0 Å². The maximum absolute atomic E-state index is 9.49. The monoisotopic (exact) mass is 212 g/mol. The molecule has 1 aliphatic carbocycles. The van der Waals surface area contributed by atoms with E-state index in [0.29, 0.717) is 6.04 Å². The molecule has 2 atom stereocenters. The topological polar surface area (TPSA) is 26.7 Å². The Balaban J connectivity index is 1.65. The van der Waals surface area contributed by atoms with Crippen LogP contribution in [0.2, 0.25) is 0 Å². The summed E-state index contributed by atoms with van der Waals surface area (Å²) in [6.45, 7) is 4.96. The van der Waals surface area contributed by atoms with Gasteiger partial charge in [0.2, 0.25) is 0 Å². The van der Waals surface area contributed by atoms with Gasteiger partial charge in [-0.3, -0.25) is 0 Å². The van der Waals surface area contributed by atoms with E-state index in [1.807, 2.05) is 0 Å². The molecule has 2 unspecified atom stereocenters. The highest BCUT2D eigenvalue weighted by Crippen LogP contribution is 2.23. The van der Waals surface area contributed by atoms with Gasteiger partial charge in [0.05, 0.1) is 6.10 Å². The molecule has 2 rings (SSSR count). The van der Waals surface area contributed by atoms with Gasteiger partial charge in [-0.15, -0.1) is 0 Å². The molecule has 0 spiro atoms. The lowest BCUT2D eigenvalue weighted by molar-refractivity contribution is 0.157. The molecule has 1 heterocycles. The van der Waals surface area contributed by atoms with Crippen LogP contribution >= 0.6 is 0 Å². The van der Waals surface area contributed by atoms with Crippen LogP contribution in [0.5, 0.6) is 0 Å². The molecule has 1 saturated heterocycles. The van der Waals surface area contributed by atoms with E-state index in [1.54, 1.807) is 0 Å². The fourth-order valence-corrected chi connectivity index (χ4v) is 2.82. The van der Waals surface area contributed by atoms with Crippen LogP contribution < -0.4 is 0 Å². The smallest absolute Gasteiger partial charge is 0.0555 e. The summed E-state index contributed by atoms with van der Waals surface area (Å²) in [6.07, 6.45) is 5.88. The molecule has 15 heavy (non-hydrogen) atoms. The number of likely N-dealkylation sites (tertiary alicyclic amines) is 1. The predicted molar refractivity (Wildman–Crippen MR) is 61.9 cm³/mol. The molecule has 3 heteroatoms. The van der Waals surface area contributed by atoms with Gasteiger partial charge in [0, 0.05) is 19.1 Å². The number of hydrogen-bond acceptors (Lipinski definition) is 3. The number of hydrogen-bond donors (Lipinski definition) is 1. The molecule has 1 aliphatic heterocycles. The maximum Gasteiger partial charge on any atom is 0.0555 e. The van der Waals surface area contributed by atoms with E-state index in [2.05, 4.69) is 16.8 Å². The third kappa shape index (κ3) is 3.16. The Hall–Kier alpha value is -0.120. The second-order valence-corrected chi connectivity index (χ2v) is 5.15. The minimum atomic E-state index is -0.0377. The zero-order valence-corrected chi connectivity index (χ0v) is 9.86. The van der Waals surface area contributed by atoms with Gasteiger partial charge in [-0.2, -0.15) is 0 Å². The van der Waals surface area contributed by atoms with Crippen molar-refractivity contribution in [2.24, 2.45) is 0 Å². The van der Waals surface area contributed by atoms with Crippen LogP contribution in [-0.2, 0) is 0 Å². The number of aliphatic hydroxyl groups is 1. The van der Waals surface area contributed by atoms with Gasteiger partial charge in [-0.25, -0.2) is 0 Å². The molecule has 1 saturated carbocycles. The first-order valence-electron chi connectivity index (χ1n) is 6.36. The Kier molecular flexibility index (Phi) is 4.00.